The highest BCUT2D eigenvalue weighted by Crippen LogP contribution is 2.18. The van der Waals surface area contributed by atoms with E-state index in [4.69, 9.17) is 9.84 Å². The zero-order valence-corrected chi connectivity index (χ0v) is 10.5. The fourth-order valence-corrected chi connectivity index (χ4v) is 1.40. The summed E-state index contributed by atoms with van der Waals surface area (Å²) < 4.78 is 9.47. The first kappa shape index (κ1) is 14.7. The molecule has 2 unspecified atom stereocenters. The van der Waals surface area contributed by atoms with E-state index in [0.29, 0.717) is 5.56 Å². The number of rotatable bonds is 5. The third kappa shape index (κ3) is 4.42. The normalized spacial score (nSPS) is 13.2. The topological polar surface area (TPSA) is 89.9 Å². The molecule has 0 bridgehead atoms. The van der Waals surface area contributed by atoms with Crippen LogP contribution in [-0.4, -0.2) is 29.1 Å². The van der Waals surface area contributed by atoms with Crippen LogP contribution in [0.25, 0.3) is 0 Å². The Labute approximate surface area is 109 Å². The molecule has 1 N–H and O–H groups in total. The molecule has 102 valence electrons. The van der Waals surface area contributed by atoms with Crippen molar-refractivity contribution in [1.29, 1.82) is 0 Å². The van der Waals surface area contributed by atoms with Crippen LogP contribution in [0.1, 0.15) is 25.5 Å². The van der Waals surface area contributed by atoms with Crippen LogP contribution in [0.5, 0.6) is 0 Å². The summed E-state index contributed by atoms with van der Waals surface area (Å²) in [5.41, 5.74) is 0.332. The smallest absolute Gasteiger partial charge is 0.349 e. The summed E-state index contributed by atoms with van der Waals surface area (Å²) in [5, 5.41) is 9.05. The summed E-state index contributed by atoms with van der Waals surface area (Å²) in [6, 6.07) is 8.04. The maximum atomic E-state index is 11.6. The molecule has 0 saturated carbocycles. The van der Waals surface area contributed by atoms with Crippen LogP contribution in [0.2, 0.25) is 0 Å². The average molecular weight is 266 g/mol. The molecule has 2 atom stereocenters. The Kier molecular flexibility index (Phi) is 5.05. The van der Waals surface area contributed by atoms with Crippen LogP contribution < -0.4 is 0 Å². The third-order valence-corrected chi connectivity index (χ3v) is 2.24. The van der Waals surface area contributed by atoms with Gasteiger partial charge in [0.25, 0.3) is 0 Å². The Morgan fingerprint density at radius 3 is 2.16 bits per heavy atom. The van der Waals surface area contributed by atoms with E-state index in [1.165, 1.54) is 19.1 Å². The average Bonchev–Trinajstić information content (AvgIpc) is 2.35. The minimum absolute atomic E-state index is 0.332. The number of ether oxygens (including phenoxy) is 2. The predicted octanol–water partition coefficient (Wildman–Crippen LogP) is 1.31. The monoisotopic (exact) mass is 266 g/mol. The lowest BCUT2D eigenvalue weighted by Crippen LogP contribution is -2.29. The molecule has 0 fully saturated rings. The van der Waals surface area contributed by atoms with Crippen LogP contribution in [0.3, 0.4) is 0 Å². The van der Waals surface area contributed by atoms with Crippen molar-refractivity contribution in [3.63, 3.8) is 0 Å². The van der Waals surface area contributed by atoms with E-state index in [2.05, 4.69) is 4.74 Å². The standard InChI is InChI=1S/C13H14O6/c1-8(18-9(2)14)13(17)19-11(12(15)16)10-6-4-3-5-7-10/h3-8,11H,1-2H3,(H,15,16). The molecule has 0 aliphatic carbocycles. The Morgan fingerprint density at radius 1 is 1.11 bits per heavy atom. The number of hydrogen-bond acceptors (Lipinski definition) is 5. The van der Waals surface area contributed by atoms with Gasteiger partial charge in [0.2, 0.25) is 6.10 Å². The van der Waals surface area contributed by atoms with Crippen molar-refractivity contribution in [2.75, 3.05) is 0 Å². The molecule has 0 heterocycles. The molecule has 0 aliphatic rings. The van der Waals surface area contributed by atoms with E-state index in [1.807, 2.05) is 0 Å². The Bertz CT molecular complexity index is 467. The fourth-order valence-electron chi connectivity index (χ4n) is 1.40. The summed E-state index contributed by atoms with van der Waals surface area (Å²) >= 11 is 0. The van der Waals surface area contributed by atoms with Gasteiger partial charge in [-0.2, -0.15) is 0 Å². The Morgan fingerprint density at radius 2 is 1.68 bits per heavy atom. The molecular weight excluding hydrogens is 252 g/mol. The molecule has 0 saturated heterocycles. The molecule has 0 radical (unpaired) electrons. The summed E-state index contributed by atoms with van der Waals surface area (Å²) in [6.45, 7) is 2.46. The van der Waals surface area contributed by atoms with Gasteiger partial charge in [-0.25, -0.2) is 9.59 Å². The van der Waals surface area contributed by atoms with Crippen LogP contribution in [0.15, 0.2) is 30.3 Å². The number of hydrogen-bond donors (Lipinski definition) is 1. The first-order valence-electron chi connectivity index (χ1n) is 5.57. The quantitative estimate of drug-likeness (QED) is 0.808. The van der Waals surface area contributed by atoms with Gasteiger partial charge in [-0.1, -0.05) is 30.3 Å². The van der Waals surface area contributed by atoms with Gasteiger partial charge in [0.15, 0.2) is 6.10 Å². The molecule has 19 heavy (non-hydrogen) atoms. The minimum atomic E-state index is -1.42. The molecule has 0 aliphatic heterocycles. The molecule has 1 rings (SSSR count). The highest BCUT2D eigenvalue weighted by Gasteiger charge is 2.27. The van der Waals surface area contributed by atoms with Gasteiger partial charge in [-0.05, 0) is 6.92 Å². The molecule has 0 spiro atoms. The van der Waals surface area contributed by atoms with Crippen LogP contribution in [0, 0.1) is 0 Å². The van der Waals surface area contributed by atoms with Crippen molar-refractivity contribution < 1.29 is 29.0 Å². The van der Waals surface area contributed by atoms with E-state index < -0.39 is 30.1 Å². The highest BCUT2D eigenvalue weighted by molar-refractivity contribution is 5.82. The summed E-state index contributed by atoms with van der Waals surface area (Å²) in [7, 11) is 0. The molecule has 6 heteroatoms. The van der Waals surface area contributed by atoms with Gasteiger partial charge >= 0.3 is 17.9 Å². The second-order valence-electron chi connectivity index (χ2n) is 3.82. The lowest BCUT2D eigenvalue weighted by molar-refractivity contribution is -0.175. The molecule has 6 nitrogen and oxygen atoms in total. The molecule has 0 aromatic heterocycles. The van der Waals surface area contributed by atoms with Crippen molar-refractivity contribution in [3.8, 4) is 0 Å². The lowest BCUT2D eigenvalue weighted by Gasteiger charge is -2.17. The molecule has 0 amide bonds. The van der Waals surface area contributed by atoms with Crippen LogP contribution >= 0.6 is 0 Å². The maximum Gasteiger partial charge on any atom is 0.349 e. The second kappa shape index (κ2) is 6.53. The maximum absolute atomic E-state index is 11.6. The summed E-state index contributed by atoms with van der Waals surface area (Å²) in [4.78, 5) is 33.4. The first-order valence-corrected chi connectivity index (χ1v) is 5.57. The zero-order valence-electron chi connectivity index (χ0n) is 10.5. The van der Waals surface area contributed by atoms with Crippen molar-refractivity contribution in [3.05, 3.63) is 35.9 Å². The number of aliphatic carboxylic acids is 1. The van der Waals surface area contributed by atoms with Gasteiger partial charge < -0.3 is 14.6 Å². The summed E-state index contributed by atoms with van der Waals surface area (Å²) in [5.74, 6) is -2.85. The zero-order chi connectivity index (χ0) is 14.4. The van der Waals surface area contributed by atoms with Gasteiger partial charge in [-0.3, -0.25) is 4.79 Å². The van der Waals surface area contributed by atoms with Gasteiger partial charge in [0, 0.05) is 12.5 Å². The fraction of sp³-hybridized carbons (Fsp3) is 0.308. The predicted molar refractivity (Wildman–Crippen MR) is 64.1 cm³/mol. The Balaban J connectivity index is 2.78. The van der Waals surface area contributed by atoms with Crippen molar-refractivity contribution >= 4 is 17.9 Å². The third-order valence-electron chi connectivity index (χ3n) is 2.24. The number of esters is 2. The molecule has 1 aromatic rings. The van der Waals surface area contributed by atoms with Crippen molar-refractivity contribution in [1.82, 2.24) is 0 Å². The van der Waals surface area contributed by atoms with E-state index in [1.54, 1.807) is 18.2 Å². The number of carbonyl (C=O) groups is 3. The minimum Gasteiger partial charge on any atom is -0.478 e. The molecule has 1 aromatic carbocycles. The number of carboxylic acids is 1. The molecular formula is C13H14O6. The lowest BCUT2D eigenvalue weighted by atomic mass is 10.1. The van der Waals surface area contributed by atoms with E-state index in [0.717, 1.165) is 6.92 Å². The van der Waals surface area contributed by atoms with Gasteiger partial charge in [-0.15, -0.1) is 0 Å². The van der Waals surface area contributed by atoms with E-state index >= 15 is 0 Å². The van der Waals surface area contributed by atoms with Crippen LogP contribution in [-0.2, 0) is 23.9 Å². The SMILES string of the molecule is CC(=O)OC(C)C(=O)OC(C(=O)O)c1ccccc1. The number of benzene rings is 1. The van der Waals surface area contributed by atoms with Crippen molar-refractivity contribution in [2.45, 2.75) is 26.1 Å². The largest absolute Gasteiger partial charge is 0.478 e. The number of carboxylic acid groups (broad SMARTS) is 1. The van der Waals surface area contributed by atoms with Gasteiger partial charge in [0.05, 0.1) is 0 Å². The van der Waals surface area contributed by atoms with Crippen LogP contribution in [0.4, 0.5) is 0 Å². The van der Waals surface area contributed by atoms with Gasteiger partial charge in [0.1, 0.15) is 0 Å². The second-order valence-corrected chi connectivity index (χ2v) is 3.82. The Hall–Kier alpha value is -2.37. The van der Waals surface area contributed by atoms with Crippen molar-refractivity contribution in [2.24, 2.45) is 0 Å². The summed E-state index contributed by atoms with van der Waals surface area (Å²) in [6.07, 6.45) is -2.57. The van der Waals surface area contributed by atoms with E-state index in [9.17, 15) is 14.4 Å². The highest BCUT2D eigenvalue weighted by atomic mass is 16.6. The number of carbonyl (C=O) groups excluding carboxylic acids is 2. The van der Waals surface area contributed by atoms with E-state index in [-0.39, 0.29) is 0 Å². The first-order chi connectivity index (χ1) is 8.91.